The van der Waals surface area contributed by atoms with E-state index in [1.54, 1.807) is 6.07 Å². The molecule has 98 valence electrons. The molecule has 0 aromatic heterocycles. The lowest BCUT2D eigenvalue weighted by Gasteiger charge is -2.26. The van der Waals surface area contributed by atoms with Crippen molar-refractivity contribution in [2.45, 2.75) is 26.2 Å². The van der Waals surface area contributed by atoms with Gasteiger partial charge in [0.15, 0.2) is 6.61 Å². The van der Waals surface area contributed by atoms with Gasteiger partial charge in [-0.3, -0.25) is 4.79 Å². The largest absolute Gasteiger partial charge is 0.481 e. The van der Waals surface area contributed by atoms with Crippen molar-refractivity contribution in [2.75, 3.05) is 25.4 Å². The number of carbonyl (C=O) groups excluding carboxylic acids is 1. The third kappa shape index (κ3) is 2.94. The SMILES string of the molecule is Cc1cccc(N)c1OCC(=O)N1CCCCC1. The normalized spacial score (nSPS) is 15.5. The van der Waals surface area contributed by atoms with Crippen LogP contribution < -0.4 is 10.5 Å². The van der Waals surface area contributed by atoms with E-state index in [0.29, 0.717) is 11.4 Å². The quantitative estimate of drug-likeness (QED) is 0.832. The van der Waals surface area contributed by atoms with Crippen LogP contribution in [0.15, 0.2) is 18.2 Å². The second-order valence-electron chi connectivity index (χ2n) is 4.72. The molecule has 0 aliphatic carbocycles. The summed E-state index contributed by atoms with van der Waals surface area (Å²) in [4.78, 5) is 13.8. The molecule has 4 heteroatoms. The molecule has 0 spiro atoms. The molecule has 1 heterocycles. The predicted octanol–water partition coefficient (Wildman–Crippen LogP) is 1.97. The Hall–Kier alpha value is -1.71. The third-order valence-electron chi connectivity index (χ3n) is 3.29. The number of hydrogen-bond acceptors (Lipinski definition) is 3. The number of nitrogen functional groups attached to an aromatic ring is 1. The number of rotatable bonds is 3. The van der Waals surface area contributed by atoms with Gasteiger partial charge >= 0.3 is 0 Å². The van der Waals surface area contributed by atoms with Gasteiger partial charge in [0.05, 0.1) is 5.69 Å². The Morgan fingerprint density at radius 3 is 2.72 bits per heavy atom. The Kier molecular flexibility index (Phi) is 4.07. The summed E-state index contributed by atoms with van der Waals surface area (Å²) < 4.78 is 5.57. The molecule has 1 amide bonds. The average Bonchev–Trinajstić information content (AvgIpc) is 2.39. The highest BCUT2D eigenvalue weighted by molar-refractivity contribution is 5.78. The topological polar surface area (TPSA) is 55.6 Å². The lowest BCUT2D eigenvalue weighted by Crippen LogP contribution is -2.38. The molecule has 2 N–H and O–H groups in total. The van der Waals surface area contributed by atoms with E-state index in [4.69, 9.17) is 10.5 Å². The first kappa shape index (κ1) is 12.7. The first-order chi connectivity index (χ1) is 8.68. The van der Waals surface area contributed by atoms with Gasteiger partial charge in [0, 0.05) is 13.1 Å². The monoisotopic (exact) mass is 248 g/mol. The van der Waals surface area contributed by atoms with Crippen LogP contribution in [0.1, 0.15) is 24.8 Å². The van der Waals surface area contributed by atoms with Crippen LogP contribution in [-0.2, 0) is 4.79 Å². The molecule has 1 saturated heterocycles. The highest BCUT2D eigenvalue weighted by Crippen LogP contribution is 2.25. The summed E-state index contributed by atoms with van der Waals surface area (Å²) in [6.45, 7) is 3.71. The second-order valence-corrected chi connectivity index (χ2v) is 4.72. The summed E-state index contributed by atoms with van der Waals surface area (Å²) in [5.41, 5.74) is 7.38. The number of nitrogens with zero attached hydrogens (tertiary/aromatic N) is 1. The van der Waals surface area contributed by atoms with Gasteiger partial charge in [-0.25, -0.2) is 0 Å². The molecule has 1 aromatic rings. The van der Waals surface area contributed by atoms with Gasteiger partial charge in [0.25, 0.3) is 5.91 Å². The summed E-state index contributed by atoms with van der Waals surface area (Å²) in [7, 11) is 0. The van der Waals surface area contributed by atoms with E-state index >= 15 is 0 Å². The molecule has 1 aliphatic heterocycles. The number of likely N-dealkylation sites (tertiary alicyclic amines) is 1. The predicted molar refractivity (Wildman–Crippen MR) is 71.5 cm³/mol. The average molecular weight is 248 g/mol. The maximum absolute atomic E-state index is 12.0. The molecule has 0 saturated carbocycles. The molecule has 4 nitrogen and oxygen atoms in total. The second kappa shape index (κ2) is 5.76. The molecule has 0 atom stereocenters. The molecular formula is C14H20N2O2. The van der Waals surface area contributed by atoms with E-state index in [-0.39, 0.29) is 12.5 Å². The van der Waals surface area contributed by atoms with Gasteiger partial charge in [0.2, 0.25) is 0 Å². The van der Waals surface area contributed by atoms with Crippen molar-refractivity contribution in [1.29, 1.82) is 0 Å². The van der Waals surface area contributed by atoms with Crippen molar-refractivity contribution in [2.24, 2.45) is 0 Å². The Balaban J connectivity index is 1.92. The summed E-state index contributed by atoms with van der Waals surface area (Å²) in [5, 5.41) is 0. The Morgan fingerprint density at radius 1 is 1.33 bits per heavy atom. The number of aryl methyl sites for hydroxylation is 1. The van der Waals surface area contributed by atoms with E-state index in [9.17, 15) is 4.79 Å². The molecule has 2 rings (SSSR count). The molecular weight excluding hydrogens is 228 g/mol. The fraction of sp³-hybridized carbons (Fsp3) is 0.500. The van der Waals surface area contributed by atoms with Crippen LogP contribution in [0.5, 0.6) is 5.75 Å². The van der Waals surface area contributed by atoms with Gasteiger partial charge in [-0.15, -0.1) is 0 Å². The zero-order chi connectivity index (χ0) is 13.0. The standard InChI is InChI=1S/C14H20N2O2/c1-11-6-5-7-12(15)14(11)18-10-13(17)16-8-3-2-4-9-16/h5-7H,2-4,8-10,15H2,1H3. The maximum atomic E-state index is 12.0. The van der Waals surface area contributed by atoms with Crippen LogP contribution in [0.25, 0.3) is 0 Å². The smallest absolute Gasteiger partial charge is 0.260 e. The number of nitrogens with two attached hydrogens (primary N) is 1. The first-order valence-corrected chi connectivity index (χ1v) is 6.44. The van der Waals surface area contributed by atoms with Crippen molar-refractivity contribution < 1.29 is 9.53 Å². The molecule has 0 radical (unpaired) electrons. The number of anilines is 1. The molecule has 1 fully saturated rings. The van der Waals surface area contributed by atoms with Crippen LogP contribution in [0.3, 0.4) is 0 Å². The fourth-order valence-electron chi connectivity index (χ4n) is 2.24. The molecule has 0 bridgehead atoms. The summed E-state index contributed by atoms with van der Waals surface area (Å²) in [6.07, 6.45) is 3.41. The summed E-state index contributed by atoms with van der Waals surface area (Å²) in [5.74, 6) is 0.681. The minimum absolute atomic E-state index is 0.0531. The highest BCUT2D eigenvalue weighted by atomic mass is 16.5. The van der Waals surface area contributed by atoms with E-state index in [1.807, 2.05) is 24.0 Å². The zero-order valence-electron chi connectivity index (χ0n) is 10.8. The van der Waals surface area contributed by atoms with Crippen molar-refractivity contribution in [3.05, 3.63) is 23.8 Å². The number of amides is 1. The van der Waals surface area contributed by atoms with E-state index < -0.39 is 0 Å². The van der Waals surface area contributed by atoms with Gasteiger partial charge in [-0.2, -0.15) is 0 Å². The van der Waals surface area contributed by atoms with Crippen molar-refractivity contribution in [3.8, 4) is 5.75 Å². The lowest BCUT2D eigenvalue weighted by atomic mass is 10.1. The summed E-state index contributed by atoms with van der Waals surface area (Å²) in [6, 6.07) is 5.59. The Bertz CT molecular complexity index is 406. The highest BCUT2D eigenvalue weighted by Gasteiger charge is 2.17. The minimum atomic E-state index is 0.0531. The van der Waals surface area contributed by atoms with Crippen molar-refractivity contribution >= 4 is 11.6 Å². The lowest BCUT2D eigenvalue weighted by molar-refractivity contribution is -0.134. The van der Waals surface area contributed by atoms with E-state index in [0.717, 1.165) is 31.5 Å². The molecule has 1 aliphatic rings. The fourth-order valence-corrected chi connectivity index (χ4v) is 2.24. The van der Waals surface area contributed by atoms with Crippen molar-refractivity contribution in [3.63, 3.8) is 0 Å². The number of ether oxygens (including phenoxy) is 1. The number of carbonyl (C=O) groups is 1. The van der Waals surface area contributed by atoms with Gasteiger partial charge in [-0.1, -0.05) is 12.1 Å². The van der Waals surface area contributed by atoms with Crippen LogP contribution in [0.4, 0.5) is 5.69 Å². The van der Waals surface area contributed by atoms with Gasteiger partial charge in [-0.05, 0) is 37.8 Å². The van der Waals surface area contributed by atoms with Crippen LogP contribution in [-0.4, -0.2) is 30.5 Å². The minimum Gasteiger partial charge on any atom is -0.481 e. The maximum Gasteiger partial charge on any atom is 0.260 e. The first-order valence-electron chi connectivity index (χ1n) is 6.44. The third-order valence-corrected chi connectivity index (χ3v) is 3.29. The van der Waals surface area contributed by atoms with Crippen LogP contribution in [0.2, 0.25) is 0 Å². The van der Waals surface area contributed by atoms with E-state index in [2.05, 4.69) is 0 Å². The van der Waals surface area contributed by atoms with Gasteiger partial charge in [0.1, 0.15) is 5.75 Å². The van der Waals surface area contributed by atoms with E-state index in [1.165, 1.54) is 6.42 Å². The molecule has 18 heavy (non-hydrogen) atoms. The van der Waals surface area contributed by atoms with Crippen LogP contribution in [0, 0.1) is 6.92 Å². The van der Waals surface area contributed by atoms with Gasteiger partial charge < -0.3 is 15.4 Å². The zero-order valence-corrected chi connectivity index (χ0v) is 10.8. The van der Waals surface area contributed by atoms with Crippen molar-refractivity contribution in [1.82, 2.24) is 4.90 Å². The number of para-hydroxylation sites is 1. The number of benzene rings is 1. The molecule has 1 aromatic carbocycles. The number of piperidine rings is 1. The number of hydrogen-bond donors (Lipinski definition) is 1. The molecule has 0 unspecified atom stereocenters. The Morgan fingerprint density at radius 2 is 2.06 bits per heavy atom. The summed E-state index contributed by atoms with van der Waals surface area (Å²) >= 11 is 0. The van der Waals surface area contributed by atoms with Crippen LogP contribution >= 0.6 is 0 Å². The Labute approximate surface area is 108 Å².